The topological polar surface area (TPSA) is 84.8 Å². The summed E-state index contributed by atoms with van der Waals surface area (Å²) in [6.45, 7) is 8.84. The first-order chi connectivity index (χ1) is 31.9. The van der Waals surface area contributed by atoms with Crippen LogP contribution in [0, 0.1) is 24.3 Å². The molecule has 12 rings (SSSR count). The molecule has 11 heteroatoms. The van der Waals surface area contributed by atoms with Crippen molar-refractivity contribution in [1.29, 1.82) is 0 Å². The predicted molar refractivity (Wildman–Crippen MR) is 257 cm³/mol. The Labute approximate surface area is 415 Å². The minimum absolute atomic E-state index is 0. The van der Waals surface area contributed by atoms with Crippen LogP contribution in [0.15, 0.2) is 152 Å². The second-order valence-corrected chi connectivity index (χ2v) is 16.8. The molecule has 67 heavy (non-hydrogen) atoms. The van der Waals surface area contributed by atoms with Gasteiger partial charge in [-0.2, -0.15) is 35.0 Å². The number of nitrogens with zero attached hydrogens (tertiary/aromatic N) is 7. The largest absolute Gasteiger partial charge is 2.00 e. The second kappa shape index (κ2) is 17.7. The van der Waals surface area contributed by atoms with Crippen LogP contribution in [-0.4, -0.2) is 33.6 Å². The van der Waals surface area contributed by atoms with E-state index in [2.05, 4.69) is 120 Å². The summed E-state index contributed by atoms with van der Waals surface area (Å²) in [5.41, 5.74) is 7.88. The Kier molecular flexibility index (Phi) is 11.6. The maximum Gasteiger partial charge on any atom is 2.00 e. The summed E-state index contributed by atoms with van der Waals surface area (Å²) in [5.74, 6) is 4.97. The molecule has 9 nitrogen and oxygen atoms in total. The maximum absolute atomic E-state index is 6.61. The van der Waals surface area contributed by atoms with Gasteiger partial charge >= 0.3 is 42.1 Å². The number of hydrogen-bond donors (Lipinski definition) is 0. The van der Waals surface area contributed by atoms with Gasteiger partial charge in [-0.25, -0.2) is 19.9 Å². The van der Waals surface area contributed by atoms with Gasteiger partial charge in [0, 0.05) is 58.8 Å². The van der Waals surface area contributed by atoms with Gasteiger partial charge in [-0.05, 0) is 76.2 Å². The van der Waals surface area contributed by atoms with Crippen molar-refractivity contribution in [2.75, 3.05) is 0 Å². The number of ether oxygens (including phenoxy) is 2. The van der Waals surface area contributed by atoms with Crippen molar-refractivity contribution in [2.45, 2.75) is 39.5 Å². The number of pyridine rings is 2. The fourth-order valence-electron chi connectivity index (χ4n) is 8.95. The summed E-state index contributed by atoms with van der Waals surface area (Å²) in [4.78, 5) is 18.8. The van der Waals surface area contributed by atoms with Gasteiger partial charge in [-0.3, -0.25) is 0 Å². The van der Waals surface area contributed by atoms with Crippen molar-refractivity contribution in [2.24, 2.45) is 0 Å². The quantitative estimate of drug-likeness (QED) is 0.134. The van der Waals surface area contributed by atoms with E-state index >= 15 is 0 Å². The minimum atomic E-state index is 0. The van der Waals surface area contributed by atoms with Gasteiger partial charge in [0.25, 0.3) is 0 Å². The van der Waals surface area contributed by atoms with Gasteiger partial charge in [0.15, 0.2) is 0 Å². The van der Waals surface area contributed by atoms with E-state index < -0.39 is 0 Å². The van der Waals surface area contributed by atoms with Crippen LogP contribution < -0.4 is 9.47 Å². The molecular weight excluding hydrogens is 1190 g/mol. The number of hydrogen-bond acceptors (Lipinski definition) is 6. The normalized spacial score (nSPS) is 11.6. The molecule has 0 N–H and O–H groups in total. The average Bonchev–Trinajstić information content (AvgIpc) is 3.96. The van der Waals surface area contributed by atoms with Crippen molar-refractivity contribution in [3.05, 3.63) is 188 Å². The van der Waals surface area contributed by atoms with E-state index in [1.165, 1.54) is 11.1 Å². The Morgan fingerprint density at radius 3 is 1.12 bits per heavy atom. The summed E-state index contributed by atoms with van der Waals surface area (Å²) in [6.07, 6.45) is 7.08. The van der Waals surface area contributed by atoms with Gasteiger partial charge in [-0.15, -0.1) is 59.3 Å². The van der Waals surface area contributed by atoms with Crippen molar-refractivity contribution in [3.8, 4) is 40.6 Å². The van der Waals surface area contributed by atoms with Crippen LogP contribution in [0.3, 0.4) is 0 Å². The van der Waals surface area contributed by atoms with E-state index in [9.17, 15) is 0 Å². The van der Waals surface area contributed by atoms with Crippen LogP contribution in [0.1, 0.15) is 50.7 Å². The molecule has 0 aliphatic rings. The Balaban J connectivity index is 0.00000263. The molecule has 0 fully saturated rings. The molecule has 0 aliphatic carbocycles. The first-order valence-corrected chi connectivity index (χ1v) is 21.8. The van der Waals surface area contributed by atoms with E-state index in [1.807, 2.05) is 89.8 Å². The van der Waals surface area contributed by atoms with Crippen LogP contribution >= 0.6 is 0 Å². The molecule has 0 saturated heterocycles. The zero-order valence-electron chi connectivity index (χ0n) is 36.7. The van der Waals surface area contributed by atoms with Gasteiger partial charge in [-0.1, -0.05) is 86.2 Å². The van der Waals surface area contributed by atoms with Gasteiger partial charge in [0.1, 0.15) is 11.6 Å². The number of benzene rings is 6. The average molecular weight is 1230 g/mol. The molecule has 0 atom stereocenters. The molecule has 12 aromatic rings. The maximum atomic E-state index is 6.61. The van der Waals surface area contributed by atoms with Gasteiger partial charge in [0.2, 0.25) is 5.95 Å². The van der Waals surface area contributed by atoms with E-state index in [-0.39, 0.29) is 42.1 Å². The third-order valence-electron chi connectivity index (χ3n) is 12.2. The molecule has 330 valence electrons. The molecule has 0 bridgehead atoms. The van der Waals surface area contributed by atoms with Crippen molar-refractivity contribution in [3.63, 3.8) is 0 Å². The van der Waals surface area contributed by atoms with E-state index in [4.69, 9.17) is 19.4 Å². The molecule has 0 spiro atoms. The Morgan fingerprint density at radius 2 is 0.746 bits per heavy atom. The predicted octanol–water partition coefficient (Wildman–Crippen LogP) is 13.6. The minimum Gasteiger partial charge on any atom is -0.509 e. The van der Waals surface area contributed by atoms with Crippen LogP contribution in [0.25, 0.3) is 83.0 Å². The summed E-state index contributed by atoms with van der Waals surface area (Å²) >= 11 is 0. The Morgan fingerprint density at radius 1 is 0.388 bits per heavy atom. The first kappa shape index (κ1) is 43.9. The molecule has 6 heterocycles. The molecule has 0 unspecified atom stereocenters. The third-order valence-corrected chi connectivity index (χ3v) is 12.2. The molecule has 6 aromatic heterocycles. The van der Waals surface area contributed by atoms with E-state index in [0.29, 0.717) is 40.8 Å². The molecule has 0 amide bonds. The SMILES string of the molecule is CC(C)c1ccc2c3ccc(Oc4[c-]c5c(cc4)c4ccc(Oc6[c-]c7c(cc6)c6ccc(C(C)C)cc6n7-c6ccccn6)[c-]c4n5-c4ncccn4)[c-]c3n(-c3ccccn3)c2c1.[Pt+2].[Pt+2]. The molecular formula is C56H39N7O2Pt2. The first-order valence-electron chi connectivity index (χ1n) is 21.8. The third kappa shape index (κ3) is 7.61. The molecule has 6 aromatic carbocycles. The zero-order chi connectivity index (χ0) is 43.8. The van der Waals surface area contributed by atoms with Crippen LogP contribution in [0.5, 0.6) is 23.0 Å². The summed E-state index contributed by atoms with van der Waals surface area (Å²) < 4.78 is 19.5. The standard InChI is InChI=1S/C56H39N7O2.2Pt/c1-34(2)36-12-18-42-44-20-14-38(30-50(44)61(48(42)28-36)54-10-5-7-24-57-54)64-40-16-22-46-47-23-17-41(33-53(47)63(52(46)32-40)56-59-26-9-27-60-56)65-39-15-21-45-43-19-13-37(35(3)4)29-49(43)62(51(45)31-39)55-11-6-8-25-58-55;;/h5-29,34-35H,1-4H3;;/q-4;2*+2. The number of fused-ring (bicyclic) bond motifs is 9. The molecule has 0 radical (unpaired) electrons. The second-order valence-electron chi connectivity index (χ2n) is 16.8. The fourth-order valence-corrected chi connectivity index (χ4v) is 8.95. The van der Waals surface area contributed by atoms with Crippen LogP contribution in [-0.2, 0) is 42.1 Å². The Hall–Kier alpha value is -6.92. The number of aromatic nitrogens is 7. The monoisotopic (exact) mass is 1230 g/mol. The van der Waals surface area contributed by atoms with Crippen LogP contribution in [0.2, 0.25) is 0 Å². The summed E-state index contributed by atoms with van der Waals surface area (Å²) in [5, 5.41) is 6.26. The summed E-state index contributed by atoms with van der Waals surface area (Å²) in [7, 11) is 0. The fraction of sp³-hybridized carbons (Fsp3) is 0.107. The summed E-state index contributed by atoms with van der Waals surface area (Å²) in [6, 6.07) is 57.3. The Bertz CT molecular complexity index is 3560. The van der Waals surface area contributed by atoms with Crippen molar-refractivity contribution in [1.82, 2.24) is 33.6 Å². The number of rotatable bonds is 9. The van der Waals surface area contributed by atoms with Crippen molar-refractivity contribution < 1.29 is 51.6 Å². The van der Waals surface area contributed by atoms with Crippen LogP contribution in [0.4, 0.5) is 0 Å². The van der Waals surface area contributed by atoms with Gasteiger partial charge in [0.05, 0.1) is 0 Å². The smallest absolute Gasteiger partial charge is 0.509 e. The molecule has 0 saturated carbocycles. The van der Waals surface area contributed by atoms with E-state index in [0.717, 1.165) is 77.1 Å². The molecule has 0 aliphatic heterocycles. The van der Waals surface area contributed by atoms with Gasteiger partial charge < -0.3 is 23.2 Å². The van der Waals surface area contributed by atoms with Crippen molar-refractivity contribution >= 4 is 65.4 Å². The zero-order valence-corrected chi connectivity index (χ0v) is 41.2. The van der Waals surface area contributed by atoms with E-state index in [1.54, 1.807) is 18.5 Å².